The Morgan fingerprint density at radius 3 is 2.11 bits per heavy atom. The van der Waals surface area contributed by atoms with Crippen molar-refractivity contribution in [2.75, 3.05) is 10.6 Å². The van der Waals surface area contributed by atoms with Gasteiger partial charge in [0.2, 0.25) is 11.8 Å². The van der Waals surface area contributed by atoms with Crippen LogP contribution < -0.4 is 10.6 Å². The van der Waals surface area contributed by atoms with Crippen molar-refractivity contribution in [1.82, 2.24) is 14.8 Å². The van der Waals surface area contributed by atoms with Crippen LogP contribution in [0.4, 0.5) is 11.4 Å². The number of benzene rings is 3. The van der Waals surface area contributed by atoms with E-state index in [1.165, 1.54) is 18.7 Å². The number of aryl methyl sites for hydroxylation is 1. The van der Waals surface area contributed by atoms with Gasteiger partial charge >= 0.3 is 0 Å². The summed E-state index contributed by atoms with van der Waals surface area (Å²) in [5, 5.41) is 13.8. The Balaban J connectivity index is 1.55. The SMILES string of the molecule is CC(=O)Nc1ccc(NC(=O)C(C)Sc2nnc(CS(=O)(=O)c3ccc(C)cc3)n2-c2ccccc2)cc1. The van der Waals surface area contributed by atoms with E-state index in [2.05, 4.69) is 20.8 Å². The molecule has 4 aromatic rings. The molecule has 196 valence electrons. The second kappa shape index (κ2) is 11.6. The molecule has 0 radical (unpaired) electrons. The molecule has 1 aromatic heterocycles. The van der Waals surface area contributed by atoms with Crippen LogP contribution in [0.25, 0.3) is 5.69 Å². The highest BCUT2D eigenvalue weighted by Crippen LogP contribution is 2.28. The summed E-state index contributed by atoms with van der Waals surface area (Å²) in [5.41, 5.74) is 2.86. The van der Waals surface area contributed by atoms with E-state index in [1.54, 1.807) is 60.0 Å². The summed E-state index contributed by atoms with van der Waals surface area (Å²) in [6, 6.07) is 22.6. The van der Waals surface area contributed by atoms with Crippen molar-refractivity contribution < 1.29 is 18.0 Å². The van der Waals surface area contributed by atoms with Crippen molar-refractivity contribution in [2.24, 2.45) is 0 Å². The lowest BCUT2D eigenvalue weighted by molar-refractivity contribution is -0.115. The summed E-state index contributed by atoms with van der Waals surface area (Å²) < 4.78 is 28.0. The molecule has 3 aromatic carbocycles. The van der Waals surface area contributed by atoms with E-state index < -0.39 is 15.1 Å². The molecule has 0 aliphatic heterocycles. The molecule has 0 aliphatic carbocycles. The Morgan fingerprint density at radius 1 is 0.895 bits per heavy atom. The van der Waals surface area contributed by atoms with Crippen molar-refractivity contribution in [2.45, 2.75) is 41.8 Å². The van der Waals surface area contributed by atoms with Crippen molar-refractivity contribution >= 4 is 44.8 Å². The molecule has 2 amide bonds. The van der Waals surface area contributed by atoms with Crippen LogP contribution in [0.1, 0.15) is 25.2 Å². The normalized spacial score (nSPS) is 12.1. The average Bonchev–Trinajstić information content (AvgIpc) is 3.26. The lowest BCUT2D eigenvalue weighted by atomic mass is 10.2. The van der Waals surface area contributed by atoms with Gasteiger partial charge in [0.15, 0.2) is 20.8 Å². The fourth-order valence-corrected chi connectivity index (χ4v) is 5.73. The molecule has 0 saturated heterocycles. The van der Waals surface area contributed by atoms with Crippen LogP contribution in [0.3, 0.4) is 0 Å². The molecular weight excluding hydrogens is 522 g/mol. The number of rotatable bonds is 9. The third-order valence-corrected chi connectivity index (χ3v) is 8.21. The van der Waals surface area contributed by atoms with Gasteiger partial charge in [-0.3, -0.25) is 14.2 Å². The van der Waals surface area contributed by atoms with Crippen molar-refractivity contribution in [3.63, 3.8) is 0 Å². The van der Waals surface area contributed by atoms with Crippen LogP contribution in [0.2, 0.25) is 0 Å². The molecule has 1 heterocycles. The van der Waals surface area contributed by atoms with E-state index >= 15 is 0 Å². The number of aromatic nitrogens is 3. The molecule has 0 saturated carbocycles. The maximum Gasteiger partial charge on any atom is 0.237 e. The first kappa shape index (κ1) is 27.1. The van der Waals surface area contributed by atoms with Crippen LogP contribution in [0.5, 0.6) is 0 Å². The van der Waals surface area contributed by atoms with E-state index in [-0.39, 0.29) is 28.3 Å². The van der Waals surface area contributed by atoms with Gasteiger partial charge in [-0.1, -0.05) is 47.7 Å². The largest absolute Gasteiger partial charge is 0.326 e. The molecule has 1 atom stereocenters. The molecule has 0 fully saturated rings. The first-order valence-corrected chi connectivity index (χ1v) is 14.3. The van der Waals surface area contributed by atoms with Gasteiger partial charge in [-0.25, -0.2) is 8.42 Å². The summed E-state index contributed by atoms with van der Waals surface area (Å²) >= 11 is 1.17. The summed E-state index contributed by atoms with van der Waals surface area (Å²) in [6.45, 7) is 5.05. The average molecular weight is 550 g/mol. The highest BCUT2D eigenvalue weighted by Gasteiger charge is 2.25. The van der Waals surface area contributed by atoms with Crippen LogP contribution in [0, 0.1) is 6.92 Å². The van der Waals surface area contributed by atoms with Gasteiger partial charge in [-0.05, 0) is 62.4 Å². The highest BCUT2D eigenvalue weighted by molar-refractivity contribution is 8.00. The predicted octanol–water partition coefficient (Wildman–Crippen LogP) is 4.63. The van der Waals surface area contributed by atoms with Crippen molar-refractivity contribution in [3.8, 4) is 5.69 Å². The molecule has 9 nitrogen and oxygen atoms in total. The van der Waals surface area contributed by atoms with Crippen molar-refractivity contribution in [1.29, 1.82) is 0 Å². The Kier molecular flexibility index (Phi) is 8.28. The zero-order valence-electron chi connectivity index (χ0n) is 21.1. The number of thioether (sulfide) groups is 1. The number of anilines is 2. The minimum atomic E-state index is -3.68. The number of para-hydroxylation sites is 1. The van der Waals surface area contributed by atoms with Gasteiger partial charge in [0.05, 0.1) is 10.1 Å². The molecule has 11 heteroatoms. The van der Waals surface area contributed by atoms with Gasteiger partial charge in [-0.2, -0.15) is 0 Å². The van der Waals surface area contributed by atoms with Gasteiger partial charge in [-0.15, -0.1) is 10.2 Å². The molecule has 0 aliphatic rings. The van der Waals surface area contributed by atoms with Crippen LogP contribution in [-0.4, -0.2) is 40.2 Å². The molecule has 4 rings (SSSR count). The first-order valence-electron chi connectivity index (χ1n) is 11.8. The standard InChI is InChI=1S/C27H27N5O4S2/c1-18-9-15-24(16-10-18)38(35,36)17-25-30-31-27(32(25)23-7-5-4-6-8-23)37-19(2)26(34)29-22-13-11-21(12-14-22)28-20(3)33/h4-16,19H,17H2,1-3H3,(H,28,33)(H,29,34). The lowest BCUT2D eigenvalue weighted by Gasteiger charge is -2.14. The Labute approximate surface area is 225 Å². The van der Waals surface area contributed by atoms with Crippen molar-refractivity contribution in [3.05, 3.63) is 90.3 Å². The minimum absolute atomic E-state index is 0.180. The fraction of sp³-hybridized carbons (Fsp3) is 0.185. The number of hydrogen-bond donors (Lipinski definition) is 2. The van der Waals surface area contributed by atoms with E-state index in [0.717, 1.165) is 5.56 Å². The highest BCUT2D eigenvalue weighted by atomic mass is 32.2. The summed E-state index contributed by atoms with van der Waals surface area (Å²) in [6.07, 6.45) is 0. The Hall–Kier alpha value is -3.96. The smallest absolute Gasteiger partial charge is 0.237 e. The monoisotopic (exact) mass is 549 g/mol. The molecule has 1 unspecified atom stereocenters. The Bertz CT molecular complexity index is 1530. The zero-order valence-corrected chi connectivity index (χ0v) is 22.7. The summed E-state index contributed by atoms with van der Waals surface area (Å²) in [7, 11) is -3.68. The maximum absolute atomic E-state index is 13.1. The van der Waals surface area contributed by atoms with E-state index in [9.17, 15) is 18.0 Å². The number of nitrogens with zero attached hydrogens (tertiary/aromatic N) is 3. The topological polar surface area (TPSA) is 123 Å². The number of hydrogen-bond acceptors (Lipinski definition) is 7. The number of carbonyl (C=O) groups excluding carboxylic acids is 2. The first-order chi connectivity index (χ1) is 18.1. The number of amides is 2. The lowest BCUT2D eigenvalue weighted by Crippen LogP contribution is -2.23. The Morgan fingerprint density at radius 2 is 1.50 bits per heavy atom. The molecular formula is C27H27N5O4S2. The predicted molar refractivity (Wildman–Crippen MR) is 148 cm³/mol. The maximum atomic E-state index is 13.1. The second-order valence-corrected chi connectivity index (χ2v) is 11.9. The molecule has 2 N–H and O–H groups in total. The zero-order chi connectivity index (χ0) is 27.3. The van der Waals surface area contributed by atoms with Gasteiger partial charge in [0.25, 0.3) is 0 Å². The van der Waals surface area contributed by atoms with E-state index in [0.29, 0.717) is 22.2 Å². The van der Waals surface area contributed by atoms with E-state index in [1.807, 2.05) is 37.3 Å². The molecule has 0 bridgehead atoms. The second-order valence-electron chi connectivity index (χ2n) is 8.65. The summed E-state index contributed by atoms with van der Waals surface area (Å²) in [5.74, 6) is -0.542. The number of carbonyl (C=O) groups is 2. The molecule has 0 spiro atoms. The minimum Gasteiger partial charge on any atom is -0.326 e. The number of sulfone groups is 1. The van der Waals surface area contributed by atoms with E-state index in [4.69, 9.17) is 0 Å². The molecule has 38 heavy (non-hydrogen) atoms. The van der Waals surface area contributed by atoms with Gasteiger partial charge < -0.3 is 10.6 Å². The van der Waals surface area contributed by atoms with Crippen LogP contribution >= 0.6 is 11.8 Å². The quantitative estimate of drug-likeness (QED) is 0.292. The van der Waals surface area contributed by atoms with Crippen LogP contribution in [0.15, 0.2) is 88.9 Å². The summed E-state index contributed by atoms with van der Waals surface area (Å²) in [4.78, 5) is 24.3. The van der Waals surface area contributed by atoms with Gasteiger partial charge in [0.1, 0.15) is 5.75 Å². The third-order valence-electron chi connectivity index (χ3n) is 5.54. The van der Waals surface area contributed by atoms with Gasteiger partial charge in [0, 0.05) is 24.0 Å². The van der Waals surface area contributed by atoms with Crippen LogP contribution in [-0.2, 0) is 25.2 Å². The fourth-order valence-electron chi connectivity index (χ4n) is 3.60. The number of nitrogens with one attached hydrogen (secondary N) is 2. The third kappa shape index (κ3) is 6.67.